The predicted octanol–water partition coefficient (Wildman–Crippen LogP) is 1.22. The Balaban J connectivity index is 2.21. The molecule has 0 aliphatic rings. The first-order chi connectivity index (χ1) is 19.5. The number of phenolic OH excluding ortho intramolecular Hbond substituents is 1. The van der Waals surface area contributed by atoms with Gasteiger partial charge in [-0.2, -0.15) is 0 Å². The van der Waals surface area contributed by atoms with E-state index in [0.717, 1.165) is 5.56 Å². The van der Waals surface area contributed by atoms with Gasteiger partial charge >= 0.3 is 5.97 Å². The lowest BCUT2D eigenvalue weighted by Gasteiger charge is -2.26. The lowest BCUT2D eigenvalue weighted by atomic mass is 9.99. The van der Waals surface area contributed by atoms with Crippen LogP contribution in [0.5, 0.6) is 5.75 Å². The average Bonchev–Trinajstić information content (AvgIpc) is 2.93. The van der Waals surface area contributed by atoms with E-state index in [2.05, 4.69) is 16.0 Å². The molecule has 0 aromatic heterocycles. The van der Waals surface area contributed by atoms with Crippen molar-refractivity contribution in [1.29, 1.82) is 0 Å². The SMILES string of the molecule is CC(C)CC(NC(=O)C(N)Cc1ccccc1)C(=O)NC(Cc1ccc(O)cc1)C(=O)NC(CCCCN)C(=O)O. The first kappa shape index (κ1) is 33.2. The number of benzene rings is 2. The Morgan fingerprint density at radius 1 is 0.756 bits per heavy atom. The molecule has 4 unspecified atom stereocenters. The Bertz CT molecular complexity index is 1130. The predicted molar refractivity (Wildman–Crippen MR) is 156 cm³/mol. The molecule has 0 aliphatic heterocycles. The number of carbonyl (C=O) groups excluding carboxylic acids is 3. The molecule has 9 N–H and O–H groups in total. The van der Waals surface area contributed by atoms with Gasteiger partial charge in [0.25, 0.3) is 0 Å². The number of nitrogens with one attached hydrogen (secondary N) is 3. The third kappa shape index (κ3) is 12.0. The fourth-order valence-electron chi connectivity index (χ4n) is 4.31. The fraction of sp³-hybridized carbons (Fsp3) is 0.467. The maximum atomic E-state index is 13.5. The van der Waals surface area contributed by atoms with Crippen LogP contribution in [0, 0.1) is 5.92 Å². The smallest absolute Gasteiger partial charge is 0.326 e. The van der Waals surface area contributed by atoms with E-state index < -0.39 is 47.9 Å². The number of hydrogen-bond acceptors (Lipinski definition) is 7. The molecule has 0 saturated heterocycles. The van der Waals surface area contributed by atoms with E-state index in [1.165, 1.54) is 12.1 Å². The molecule has 11 heteroatoms. The van der Waals surface area contributed by atoms with Crippen molar-refractivity contribution in [3.05, 3.63) is 65.7 Å². The van der Waals surface area contributed by atoms with Crippen molar-refractivity contribution in [1.82, 2.24) is 16.0 Å². The summed E-state index contributed by atoms with van der Waals surface area (Å²) in [5.74, 6) is -2.90. The molecule has 2 aromatic rings. The highest BCUT2D eigenvalue weighted by Crippen LogP contribution is 2.13. The highest BCUT2D eigenvalue weighted by molar-refractivity contribution is 5.94. The van der Waals surface area contributed by atoms with Gasteiger partial charge in [-0.1, -0.05) is 56.3 Å². The summed E-state index contributed by atoms with van der Waals surface area (Å²) in [6.45, 7) is 4.20. The molecule has 4 atom stereocenters. The normalized spacial score (nSPS) is 14.0. The van der Waals surface area contributed by atoms with Gasteiger partial charge in [-0.3, -0.25) is 14.4 Å². The van der Waals surface area contributed by atoms with Gasteiger partial charge in [0.05, 0.1) is 6.04 Å². The maximum absolute atomic E-state index is 13.5. The second-order valence-corrected chi connectivity index (χ2v) is 10.6. The van der Waals surface area contributed by atoms with E-state index >= 15 is 0 Å². The van der Waals surface area contributed by atoms with Gasteiger partial charge in [0.2, 0.25) is 17.7 Å². The Hall–Kier alpha value is -3.96. The van der Waals surface area contributed by atoms with Crippen molar-refractivity contribution >= 4 is 23.7 Å². The van der Waals surface area contributed by atoms with Crippen LogP contribution >= 0.6 is 0 Å². The Labute approximate surface area is 241 Å². The topological polar surface area (TPSA) is 197 Å². The molecule has 2 aromatic carbocycles. The minimum absolute atomic E-state index is 0.0275. The highest BCUT2D eigenvalue weighted by Gasteiger charge is 2.31. The van der Waals surface area contributed by atoms with Gasteiger partial charge in [0, 0.05) is 6.42 Å². The molecule has 3 amide bonds. The largest absolute Gasteiger partial charge is 0.508 e. The van der Waals surface area contributed by atoms with Gasteiger partial charge < -0.3 is 37.6 Å². The van der Waals surface area contributed by atoms with E-state index in [0.29, 0.717) is 31.4 Å². The van der Waals surface area contributed by atoms with Gasteiger partial charge in [-0.25, -0.2) is 4.79 Å². The summed E-state index contributed by atoms with van der Waals surface area (Å²) in [5, 5.41) is 27.2. The van der Waals surface area contributed by atoms with E-state index in [4.69, 9.17) is 11.5 Å². The maximum Gasteiger partial charge on any atom is 0.326 e. The van der Waals surface area contributed by atoms with Gasteiger partial charge in [-0.05, 0) is 67.8 Å². The lowest BCUT2D eigenvalue weighted by Crippen LogP contribution is -2.58. The zero-order chi connectivity index (χ0) is 30.4. The van der Waals surface area contributed by atoms with Gasteiger partial charge in [0.15, 0.2) is 0 Å². The molecule has 0 saturated carbocycles. The number of carboxylic acids is 1. The number of carboxylic acid groups (broad SMARTS) is 1. The van der Waals surface area contributed by atoms with Crippen molar-refractivity contribution in [2.24, 2.45) is 17.4 Å². The lowest BCUT2D eigenvalue weighted by molar-refractivity contribution is -0.142. The second kappa shape index (κ2) is 17.0. The van der Waals surface area contributed by atoms with Gasteiger partial charge in [-0.15, -0.1) is 0 Å². The standard InChI is InChI=1S/C30H43N5O6/c1-19(2)16-25(34-27(37)23(32)17-20-8-4-3-5-9-20)28(38)35-26(18-21-11-13-22(36)14-12-21)29(39)33-24(30(40)41)10-6-7-15-31/h3-5,8-9,11-14,19,23-26,36H,6-7,10,15-18,31-32H2,1-2H3,(H,33,39)(H,34,37)(H,35,38)(H,40,41). The summed E-state index contributed by atoms with van der Waals surface area (Å²) in [5.41, 5.74) is 13.2. The molecule has 2 rings (SSSR count). The number of amides is 3. The van der Waals surface area contributed by atoms with E-state index in [9.17, 15) is 29.4 Å². The Morgan fingerprint density at radius 2 is 1.32 bits per heavy atom. The van der Waals surface area contributed by atoms with Crippen LogP contribution in [-0.4, -0.2) is 64.6 Å². The summed E-state index contributed by atoms with van der Waals surface area (Å²) < 4.78 is 0. The molecular formula is C30H43N5O6. The molecule has 41 heavy (non-hydrogen) atoms. The van der Waals surface area contributed by atoms with E-state index in [-0.39, 0.29) is 30.9 Å². The van der Waals surface area contributed by atoms with Crippen molar-refractivity contribution < 1.29 is 29.4 Å². The van der Waals surface area contributed by atoms with Crippen LogP contribution in [0.4, 0.5) is 0 Å². The van der Waals surface area contributed by atoms with Crippen LogP contribution in [0.15, 0.2) is 54.6 Å². The van der Waals surface area contributed by atoms with Crippen LogP contribution in [0.25, 0.3) is 0 Å². The fourth-order valence-corrected chi connectivity index (χ4v) is 4.31. The minimum atomic E-state index is -1.19. The van der Waals surface area contributed by atoms with Crippen LogP contribution in [0.3, 0.4) is 0 Å². The Kier molecular flexibility index (Phi) is 13.8. The molecule has 224 valence electrons. The number of hydrogen-bond donors (Lipinski definition) is 7. The number of carbonyl (C=O) groups is 4. The summed E-state index contributed by atoms with van der Waals surface area (Å²) in [6, 6.07) is 11.2. The third-order valence-electron chi connectivity index (χ3n) is 6.55. The molecule has 0 fully saturated rings. The molecule has 0 spiro atoms. The number of aromatic hydroxyl groups is 1. The summed E-state index contributed by atoms with van der Waals surface area (Å²) in [7, 11) is 0. The molecule has 0 heterocycles. The highest BCUT2D eigenvalue weighted by atomic mass is 16.4. The van der Waals surface area contributed by atoms with Crippen molar-refractivity contribution in [2.75, 3.05) is 6.54 Å². The molecule has 0 radical (unpaired) electrons. The van der Waals surface area contributed by atoms with Crippen LogP contribution in [-0.2, 0) is 32.0 Å². The molecule has 0 bridgehead atoms. The van der Waals surface area contributed by atoms with Crippen molar-refractivity contribution in [3.8, 4) is 5.75 Å². The van der Waals surface area contributed by atoms with Crippen LogP contribution in [0.2, 0.25) is 0 Å². The zero-order valence-electron chi connectivity index (χ0n) is 23.7. The minimum Gasteiger partial charge on any atom is -0.508 e. The van der Waals surface area contributed by atoms with Crippen molar-refractivity contribution in [3.63, 3.8) is 0 Å². The van der Waals surface area contributed by atoms with E-state index in [1.54, 1.807) is 12.1 Å². The number of aliphatic carboxylic acids is 1. The van der Waals surface area contributed by atoms with E-state index in [1.807, 2.05) is 44.2 Å². The zero-order valence-corrected chi connectivity index (χ0v) is 23.7. The molecule has 11 nitrogen and oxygen atoms in total. The third-order valence-corrected chi connectivity index (χ3v) is 6.55. The summed E-state index contributed by atoms with van der Waals surface area (Å²) in [4.78, 5) is 51.5. The van der Waals surface area contributed by atoms with Crippen molar-refractivity contribution in [2.45, 2.75) is 76.5 Å². The summed E-state index contributed by atoms with van der Waals surface area (Å²) >= 11 is 0. The number of rotatable bonds is 17. The first-order valence-electron chi connectivity index (χ1n) is 13.9. The van der Waals surface area contributed by atoms with Gasteiger partial charge in [0.1, 0.15) is 23.9 Å². The van der Waals surface area contributed by atoms with Crippen LogP contribution in [0.1, 0.15) is 50.7 Å². The van der Waals surface area contributed by atoms with Crippen LogP contribution < -0.4 is 27.4 Å². The number of unbranched alkanes of at least 4 members (excludes halogenated alkanes) is 1. The molecule has 0 aliphatic carbocycles. The molecular weight excluding hydrogens is 526 g/mol. The quantitative estimate of drug-likeness (QED) is 0.138. The Morgan fingerprint density at radius 3 is 1.90 bits per heavy atom. The number of nitrogens with two attached hydrogens (primary N) is 2. The number of phenols is 1. The second-order valence-electron chi connectivity index (χ2n) is 10.6. The monoisotopic (exact) mass is 569 g/mol. The average molecular weight is 570 g/mol. The first-order valence-corrected chi connectivity index (χ1v) is 13.9. The summed E-state index contributed by atoms with van der Waals surface area (Å²) in [6.07, 6.45) is 1.91.